The summed E-state index contributed by atoms with van der Waals surface area (Å²) in [7, 11) is 1.34. The number of carboxylic acid groups (broad SMARTS) is 1. The van der Waals surface area contributed by atoms with E-state index in [1.54, 1.807) is 6.92 Å². The molecule has 0 heterocycles. The van der Waals surface area contributed by atoms with Gasteiger partial charge in [-0.15, -0.1) is 0 Å². The summed E-state index contributed by atoms with van der Waals surface area (Å²) in [4.78, 5) is 11.0. The maximum absolute atomic E-state index is 13.9. The first kappa shape index (κ1) is 13.7. The van der Waals surface area contributed by atoms with E-state index in [9.17, 15) is 9.18 Å². The number of carboxylic acids is 1. The normalized spacial score (nSPS) is 12.3. The van der Waals surface area contributed by atoms with Crippen molar-refractivity contribution in [2.24, 2.45) is 5.73 Å². The van der Waals surface area contributed by atoms with E-state index in [4.69, 9.17) is 27.2 Å². The summed E-state index contributed by atoms with van der Waals surface area (Å²) < 4.78 is 18.9. The van der Waals surface area contributed by atoms with E-state index >= 15 is 0 Å². The van der Waals surface area contributed by atoms with E-state index in [0.717, 1.165) is 0 Å². The third-order valence-corrected chi connectivity index (χ3v) is 2.75. The number of aliphatic carboxylic acids is 1. The van der Waals surface area contributed by atoms with Gasteiger partial charge in [0.1, 0.15) is 17.5 Å². The fraction of sp³-hybridized carbons (Fsp3) is 0.364. The second-order valence-corrected chi connectivity index (χ2v) is 3.97. The molecule has 1 unspecified atom stereocenters. The molecule has 1 rings (SSSR count). The van der Waals surface area contributed by atoms with E-state index in [1.807, 2.05) is 0 Å². The van der Waals surface area contributed by atoms with Crippen LogP contribution >= 0.6 is 11.6 Å². The van der Waals surface area contributed by atoms with E-state index in [-0.39, 0.29) is 22.9 Å². The predicted octanol–water partition coefficient (Wildman–Crippen LogP) is 1.92. The smallest absolute Gasteiger partial charge is 0.312 e. The van der Waals surface area contributed by atoms with Crippen molar-refractivity contribution in [3.63, 3.8) is 0 Å². The Balaban J connectivity index is 3.53. The molecule has 1 aromatic carbocycles. The number of hydrogen-bond acceptors (Lipinski definition) is 3. The van der Waals surface area contributed by atoms with E-state index in [2.05, 4.69) is 0 Å². The zero-order valence-electron chi connectivity index (χ0n) is 9.46. The van der Waals surface area contributed by atoms with Gasteiger partial charge in [-0.3, -0.25) is 4.79 Å². The summed E-state index contributed by atoms with van der Waals surface area (Å²) in [5.41, 5.74) is 5.81. The van der Waals surface area contributed by atoms with Crippen LogP contribution in [0.3, 0.4) is 0 Å². The van der Waals surface area contributed by atoms with Crippen LogP contribution in [0.5, 0.6) is 5.75 Å². The molecule has 0 saturated heterocycles. The number of carbonyl (C=O) groups is 1. The van der Waals surface area contributed by atoms with Crippen molar-refractivity contribution < 1.29 is 19.0 Å². The molecule has 0 bridgehead atoms. The van der Waals surface area contributed by atoms with Gasteiger partial charge in [-0.05, 0) is 18.6 Å². The summed E-state index contributed by atoms with van der Waals surface area (Å²) in [5.74, 6) is -3.02. The van der Waals surface area contributed by atoms with Crippen molar-refractivity contribution in [3.8, 4) is 5.75 Å². The average molecular weight is 262 g/mol. The number of nitrogens with two attached hydrogens (primary N) is 1. The minimum absolute atomic E-state index is 0.104. The second kappa shape index (κ2) is 5.33. The van der Waals surface area contributed by atoms with Gasteiger partial charge < -0.3 is 15.6 Å². The first-order chi connectivity index (χ1) is 7.93. The van der Waals surface area contributed by atoms with Gasteiger partial charge in [-0.25, -0.2) is 4.39 Å². The first-order valence-electron chi connectivity index (χ1n) is 4.89. The number of methoxy groups -OCH3 is 1. The van der Waals surface area contributed by atoms with Crippen LogP contribution in [0, 0.1) is 12.7 Å². The molecule has 94 valence electrons. The maximum atomic E-state index is 13.9. The Morgan fingerprint density at radius 1 is 1.71 bits per heavy atom. The lowest BCUT2D eigenvalue weighted by Gasteiger charge is -2.18. The first-order valence-corrected chi connectivity index (χ1v) is 5.27. The molecule has 0 aliphatic rings. The third kappa shape index (κ3) is 2.50. The fourth-order valence-electron chi connectivity index (χ4n) is 1.68. The minimum atomic E-state index is -1.22. The van der Waals surface area contributed by atoms with Crippen molar-refractivity contribution in [3.05, 3.63) is 28.0 Å². The van der Waals surface area contributed by atoms with Crippen LogP contribution < -0.4 is 10.5 Å². The zero-order valence-corrected chi connectivity index (χ0v) is 10.2. The highest BCUT2D eigenvalue weighted by atomic mass is 35.5. The molecule has 0 fully saturated rings. The van der Waals surface area contributed by atoms with Crippen LogP contribution in [0.25, 0.3) is 0 Å². The molecule has 17 heavy (non-hydrogen) atoms. The molecule has 4 nitrogen and oxygen atoms in total. The largest absolute Gasteiger partial charge is 0.496 e. The molecule has 0 radical (unpaired) electrons. The minimum Gasteiger partial charge on any atom is -0.496 e. The van der Waals surface area contributed by atoms with Gasteiger partial charge >= 0.3 is 5.97 Å². The predicted molar refractivity (Wildman–Crippen MR) is 62.1 cm³/mol. The van der Waals surface area contributed by atoms with Gasteiger partial charge in [0, 0.05) is 12.1 Å². The van der Waals surface area contributed by atoms with Crippen LogP contribution in [0.15, 0.2) is 6.07 Å². The summed E-state index contributed by atoms with van der Waals surface area (Å²) in [6, 6.07) is 1.38. The van der Waals surface area contributed by atoms with Gasteiger partial charge in [0.2, 0.25) is 0 Å². The molecule has 0 aliphatic carbocycles. The highest BCUT2D eigenvalue weighted by Crippen LogP contribution is 2.36. The Bertz CT molecular complexity index is 451. The number of benzene rings is 1. The molecule has 1 atom stereocenters. The van der Waals surface area contributed by atoms with Gasteiger partial charge in [0.15, 0.2) is 0 Å². The Morgan fingerprint density at radius 3 is 2.71 bits per heavy atom. The molecule has 1 aromatic rings. The molecule has 0 aliphatic heterocycles. The van der Waals surface area contributed by atoms with E-state index in [1.165, 1.54) is 13.2 Å². The van der Waals surface area contributed by atoms with Gasteiger partial charge in [-0.2, -0.15) is 0 Å². The zero-order chi connectivity index (χ0) is 13.2. The summed E-state index contributed by atoms with van der Waals surface area (Å²) in [5, 5.41) is 8.87. The molecule has 0 aromatic heterocycles. The fourth-order valence-corrected chi connectivity index (χ4v) is 1.95. The van der Waals surface area contributed by atoms with Crippen molar-refractivity contribution >= 4 is 17.6 Å². The molecule has 6 heteroatoms. The van der Waals surface area contributed by atoms with Crippen LogP contribution in [-0.4, -0.2) is 24.7 Å². The van der Waals surface area contributed by atoms with Crippen molar-refractivity contribution in [1.82, 2.24) is 0 Å². The lowest BCUT2D eigenvalue weighted by Crippen LogP contribution is -2.23. The highest BCUT2D eigenvalue weighted by molar-refractivity contribution is 6.31. The van der Waals surface area contributed by atoms with E-state index < -0.39 is 17.7 Å². The number of aryl methyl sites for hydroxylation is 1. The van der Waals surface area contributed by atoms with Crippen molar-refractivity contribution in [2.45, 2.75) is 12.8 Å². The SMILES string of the molecule is COc1c(C)cc(Cl)c(F)c1C(CN)C(=O)O. The average Bonchev–Trinajstić information content (AvgIpc) is 2.25. The number of rotatable bonds is 4. The Hall–Kier alpha value is -1.33. The van der Waals surface area contributed by atoms with Crippen LogP contribution in [0.1, 0.15) is 17.0 Å². The van der Waals surface area contributed by atoms with Gasteiger partial charge in [0.05, 0.1) is 12.1 Å². The quantitative estimate of drug-likeness (QED) is 0.869. The summed E-state index contributed by atoms with van der Waals surface area (Å²) in [6.45, 7) is 1.42. The summed E-state index contributed by atoms with van der Waals surface area (Å²) in [6.07, 6.45) is 0. The van der Waals surface area contributed by atoms with E-state index in [0.29, 0.717) is 5.56 Å². The lowest BCUT2D eigenvalue weighted by molar-refractivity contribution is -0.138. The van der Waals surface area contributed by atoms with Gasteiger partial charge in [0.25, 0.3) is 0 Å². The second-order valence-electron chi connectivity index (χ2n) is 3.56. The summed E-state index contributed by atoms with van der Waals surface area (Å²) >= 11 is 5.69. The lowest BCUT2D eigenvalue weighted by atomic mass is 9.95. The Morgan fingerprint density at radius 2 is 2.29 bits per heavy atom. The van der Waals surface area contributed by atoms with Crippen LogP contribution in [0.4, 0.5) is 4.39 Å². The van der Waals surface area contributed by atoms with Gasteiger partial charge in [-0.1, -0.05) is 11.6 Å². The molecular weight excluding hydrogens is 249 g/mol. The third-order valence-electron chi connectivity index (χ3n) is 2.48. The highest BCUT2D eigenvalue weighted by Gasteiger charge is 2.28. The topological polar surface area (TPSA) is 72.5 Å². The molecular formula is C11H13ClFNO3. The molecule has 0 amide bonds. The maximum Gasteiger partial charge on any atom is 0.312 e. The Labute approximate surface area is 103 Å². The van der Waals surface area contributed by atoms with Crippen molar-refractivity contribution in [1.29, 1.82) is 0 Å². The standard InChI is InChI=1S/C11H13ClFNO3/c1-5-3-7(12)9(13)8(10(5)17-2)6(4-14)11(15)16/h3,6H,4,14H2,1-2H3,(H,15,16). The van der Waals surface area contributed by atoms with Crippen LogP contribution in [-0.2, 0) is 4.79 Å². The molecule has 3 N–H and O–H groups in total. The number of halogens is 2. The van der Waals surface area contributed by atoms with Crippen LogP contribution in [0.2, 0.25) is 5.02 Å². The molecule has 0 saturated carbocycles. The molecule has 0 spiro atoms. The van der Waals surface area contributed by atoms with Crippen molar-refractivity contribution in [2.75, 3.05) is 13.7 Å². The Kier molecular flexibility index (Phi) is 4.31. The number of hydrogen-bond donors (Lipinski definition) is 2. The monoisotopic (exact) mass is 261 g/mol. The number of ether oxygens (including phenoxy) is 1.